The molecule has 0 spiro atoms. The molecular weight excluding hydrogens is 360 g/mol. The zero-order valence-electron chi connectivity index (χ0n) is 15.0. The van der Waals surface area contributed by atoms with Crippen LogP contribution in [0.5, 0.6) is 0 Å². The highest BCUT2D eigenvalue weighted by molar-refractivity contribution is 7.89. The van der Waals surface area contributed by atoms with Crippen molar-refractivity contribution in [3.05, 3.63) is 78.6 Å². The lowest BCUT2D eigenvalue weighted by Crippen LogP contribution is -2.39. The summed E-state index contributed by atoms with van der Waals surface area (Å²) in [6, 6.07) is 12.6. The molecule has 27 heavy (non-hydrogen) atoms. The van der Waals surface area contributed by atoms with Crippen LogP contribution < -0.4 is 0 Å². The summed E-state index contributed by atoms with van der Waals surface area (Å²) in [6.07, 6.45) is 9.10. The number of pyridine rings is 1. The fraction of sp³-hybridized carbons (Fsp3) is 0.300. The van der Waals surface area contributed by atoms with E-state index in [2.05, 4.69) is 14.5 Å². The number of hydrogen-bond acceptors (Lipinski definition) is 4. The van der Waals surface area contributed by atoms with E-state index in [-0.39, 0.29) is 5.92 Å². The van der Waals surface area contributed by atoms with Crippen molar-refractivity contribution >= 4 is 10.0 Å². The Hall–Kier alpha value is -2.51. The molecule has 1 fully saturated rings. The molecule has 0 N–H and O–H groups in total. The van der Waals surface area contributed by atoms with Crippen LogP contribution in [0, 0.1) is 0 Å². The number of piperidine rings is 1. The first-order valence-electron chi connectivity index (χ1n) is 9.10. The predicted octanol–water partition coefficient (Wildman–Crippen LogP) is 2.89. The molecule has 1 unspecified atom stereocenters. The fourth-order valence-electron chi connectivity index (χ4n) is 3.62. The fourth-order valence-corrected chi connectivity index (χ4v) is 5.16. The third kappa shape index (κ3) is 3.79. The lowest BCUT2D eigenvalue weighted by Gasteiger charge is -2.32. The van der Waals surface area contributed by atoms with Crippen molar-refractivity contribution in [1.82, 2.24) is 18.8 Å². The van der Waals surface area contributed by atoms with Crippen molar-refractivity contribution in [2.24, 2.45) is 0 Å². The first kappa shape index (κ1) is 17.9. The molecule has 3 heterocycles. The smallest absolute Gasteiger partial charge is 0.243 e. The Labute approximate surface area is 159 Å². The molecule has 1 saturated heterocycles. The van der Waals surface area contributed by atoms with Gasteiger partial charge in [0.25, 0.3) is 0 Å². The van der Waals surface area contributed by atoms with Gasteiger partial charge in [0.15, 0.2) is 0 Å². The molecule has 7 heteroatoms. The monoisotopic (exact) mass is 382 g/mol. The normalized spacial score (nSPS) is 18.4. The van der Waals surface area contributed by atoms with E-state index in [0.717, 1.165) is 24.2 Å². The zero-order valence-corrected chi connectivity index (χ0v) is 15.8. The minimum absolute atomic E-state index is 0.0870. The quantitative estimate of drug-likeness (QED) is 0.680. The summed E-state index contributed by atoms with van der Waals surface area (Å²) < 4.78 is 29.6. The first-order chi connectivity index (χ1) is 13.1. The number of benzene rings is 1. The third-order valence-electron chi connectivity index (χ3n) is 4.95. The number of nitrogens with zero attached hydrogens (tertiary/aromatic N) is 4. The highest BCUT2D eigenvalue weighted by Crippen LogP contribution is 2.29. The Bertz CT molecular complexity index is 987. The van der Waals surface area contributed by atoms with Gasteiger partial charge in [0.2, 0.25) is 10.0 Å². The molecule has 4 rings (SSSR count). The summed E-state index contributed by atoms with van der Waals surface area (Å²) in [5.74, 6) is 1.02. The molecule has 140 valence electrons. The van der Waals surface area contributed by atoms with E-state index in [1.54, 1.807) is 41.0 Å². The Morgan fingerprint density at radius 1 is 1.07 bits per heavy atom. The second-order valence-corrected chi connectivity index (χ2v) is 8.73. The molecule has 1 aromatic carbocycles. The van der Waals surface area contributed by atoms with Gasteiger partial charge in [-0.2, -0.15) is 4.31 Å². The Morgan fingerprint density at radius 2 is 1.93 bits per heavy atom. The molecule has 0 radical (unpaired) electrons. The van der Waals surface area contributed by atoms with Crippen molar-refractivity contribution in [2.75, 3.05) is 13.1 Å². The lowest BCUT2D eigenvalue weighted by molar-refractivity contribution is 0.305. The summed E-state index contributed by atoms with van der Waals surface area (Å²) in [6.45, 7) is 1.70. The molecule has 6 nitrogen and oxygen atoms in total. The second kappa shape index (κ2) is 7.62. The number of hydrogen-bond donors (Lipinski definition) is 0. The van der Waals surface area contributed by atoms with Gasteiger partial charge in [0.05, 0.1) is 11.4 Å². The Kier molecular flexibility index (Phi) is 5.05. The van der Waals surface area contributed by atoms with Gasteiger partial charge < -0.3 is 4.57 Å². The number of aromatic nitrogens is 3. The van der Waals surface area contributed by atoms with E-state index < -0.39 is 10.0 Å². The summed E-state index contributed by atoms with van der Waals surface area (Å²) in [4.78, 5) is 9.06. The van der Waals surface area contributed by atoms with Crippen LogP contribution in [0.3, 0.4) is 0 Å². The maximum atomic E-state index is 13.0. The highest BCUT2D eigenvalue weighted by Gasteiger charge is 2.32. The van der Waals surface area contributed by atoms with E-state index in [1.807, 2.05) is 30.6 Å². The standard InChI is InChI=1S/C20H22N4O2S/c25-27(26,19-8-2-1-3-9-19)24-12-5-7-18(16-24)20-22-11-13-23(20)15-17-6-4-10-21-14-17/h1-4,6,8-11,13-14,18H,5,7,12,15-16H2. The van der Waals surface area contributed by atoms with E-state index in [0.29, 0.717) is 24.5 Å². The summed E-state index contributed by atoms with van der Waals surface area (Å²) in [7, 11) is -3.47. The SMILES string of the molecule is O=S(=O)(c1ccccc1)N1CCCC(c2nccn2Cc2cccnc2)C1. The van der Waals surface area contributed by atoms with Gasteiger partial charge in [-0.3, -0.25) is 4.98 Å². The number of sulfonamides is 1. The van der Waals surface area contributed by atoms with Gasteiger partial charge in [-0.1, -0.05) is 24.3 Å². The molecule has 0 aliphatic carbocycles. The zero-order chi connectivity index (χ0) is 18.7. The largest absolute Gasteiger partial charge is 0.330 e. The van der Waals surface area contributed by atoms with Crippen molar-refractivity contribution < 1.29 is 8.42 Å². The molecule has 1 atom stereocenters. The highest BCUT2D eigenvalue weighted by atomic mass is 32.2. The average molecular weight is 382 g/mol. The van der Waals surface area contributed by atoms with E-state index in [9.17, 15) is 8.42 Å². The molecule has 0 bridgehead atoms. The summed E-state index contributed by atoms with van der Waals surface area (Å²) in [5.41, 5.74) is 1.10. The molecular formula is C20H22N4O2S. The number of rotatable bonds is 5. The lowest BCUT2D eigenvalue weighted by atomic mass is 9.98. The Morgan fingerprint density at radius 3 is 2.70 bits per heavy atom. The molecule has 3 aromatic rings. The molecule has 0 saturated carbocycles. The number of imidazole rings is 1. The maximum Gasteiger partial charge on any atom is 0.243 e. The Balaban J connectivity index is 1.55. The van der Waals surface area contributed by atoms with Crippen LogP contribution in [0.4, 0.5) is 0 Å². The van der Waals surface area contributed by atoms with Gasteiger partial charge in [0.1, 0.15) is 5.82 Å². The van der Waals surface area contributed by atoms with Crippen LogP contribution in [0.1, 0.15) is 30.1 Å². The third-order valence-corrected chi connectivity index (χ3v) is 6.83. The summed E-state index contributed by atoms with van der Waals surface area (Å²) >= 11 is 0. The predicted molar refractivity (Wildman–Crippen MR) is 103 cm³/mol. The van der Waals surface area contributed by atoms with Crippen LogP contribution in [-0.4, -0.2) is 40.3 Å². The van der Waals surface area contributed by atoms with Gasteiger partial charge >= 0.3 is 0 Å². The van der Waals surface area contributed by atoms with Crippen LogP contribution in [-0.2, 0) is 16.6 Å². The van der Waals surface area contributed by atoms with Crippen LogP contribution in [0.15, 0.2) is 72.1 Å². The van der Waals surface area contributed by atoms with Crippen molar-refractivity contribution in [3.8, 4) is 0 Å². The molecule has 2 aromatic heterocycles. The van der Waals surface area contributed by atoms with E-state index in [1.165, 1.54) is 0 Å². The second-order valence-electron chi connectivity index (χ2n) is 6.79. The molecule has 0 amide bonds. The van der Waals surface area contributed by atoms with Gasteiger partial charge in [-0.25, -0.2) is 13.4 Å². The topological polar surface area (TPSA) is 68.1 Å². The minimum Gasteiger partial charge on any atom is -0.330 e. The van der Waals surface area contributed by atoms with Crippen molar-refractivity contribution in [1.29, 1.82) is 0 Å². The van der Waals surface area contributed by atoms with E-state index in [4.69, 9.17) is 0 Å². The minimum atomic E-state index is -3.47. The van der Waals surface area contributed by atoms with Crippen LogP contribution >= 0.6 is 0 Å². The molecule has 1 aliphatic rings. The van der Waals surface area contributed by atoms with Crippen molar-refractivity contribution in [3.63, 3.8) is 0 Å². The maximum absolute atomic E-state index is 13.0. The van der Waals surface area contributed by atoms with Gasteiger partial charge in [-0.05, 0) is 36.6 Å². The van der Waals surface area contributed by atoms with Crippen LogP contribution in [0.25, 0.3) is 0 Å². The average Bonchev–Trinajstić information content (AvgIpc) is 3.18. The molecule has 1 aliphatic heterocycles. The van der Waals surface area contributed by atoms with E-state index >= 15 is 0 Å². The first-order valence-corrected chi connectivity index (χ1v) is 10.5. The van der Waals surface area contributed by atoms with Crippen molar-refractivity contribution in [2.45, 2.75) is 30.2 Å². The van der Waals surface area contributed by atoms with Gasteiger partial charge in [0, 0.05) is 43.8 Å². The summed E-state index contributed by atoms with van der Waals surface area (Å²) in [5, 5.41) is 0. The van der Waals surface area contributed by atoms with Crippen LogP contribution in [0.2, 0.25) is 0 Å². The van der Waals surface area contributed by atoms with Gasteiger partial charge in [-0.15, -0.1) is 0 Å².